The summed E-state index contributed by atoms with van der Waals surface area (Å²) in [5, 5.41) is 0. The minimum atomic E-state index is -0.397. The molecule has 0 aliphatic carbocycles. The molecule has 0 N–H and O–H groups in total. The Morgan fingerprint density at radius 2 is 1.38 bits per heavy atom. The quantitative estimate of drug-likeness (QED) is 0.664. The summed E-state index contributed by atoms with van der Waals surface area (Å²) in [5.41, 5.74) is -0.397. The first-order chi connectivity index (χ1) is 7.12. The molecule has 0 unspecified atom stereocenters. The Balaban J connectivity index is 4.36. The highest BCUT2D eigenvalue weighted by atomic mass is 16.5. The van der Waals surface area contributed by atoms with Crippen molar-refractivity contribution in [1.82, 2.24) is 0 Å². The first-order valence-electron chi connectivity index (χ1n) is 6.34. The first-order valence-corrected chi connectivity index (χ1v) is 6.34. The van der Waals surface area contributed by atoms with E-state index in [-0.39, 0.29) is 12.1 Å². The van der Waals surface area contributed by atoms with Gasteiger partial charge in [-0.05, 0) is 45.4 Å². The predicted molar refractivity (Wildman–Crippen MR) is 68.2 cm³/mol. The molecule has 0 saturated carbocycles. The van der Waals surface area contributed by atoms with Crippen LogP contribution in [0.4, 0.5) is 0 Å². The van der Waals surface area contributed by atoms with Crippen LogP contribution in [0.5, 0.6) is 0 Å². The number of carbonyl (C=O) groups excluding carboxylic acids is 1. The predicted octanol–water partition coefficient (Wildman–Crippen LogP) is 4.04. The van der Waals surface area contributed by atoms with Gasteiger partial charge in [-0.2, -0.15) is 0 Å². The maximum Gasteiger partial charge on any atom is 0.311 e. The average Bonchev–Trinajstić information content (AvgIpc) is 1.98. The van der Waals surface area contributed by atoms with Crippen LogP contribution in [0.2, 0.25) is 0 Å². The van der Waals surface area contributed by atoms with E-state index in [0.29, 0.717) is 11.8 Å². The minimum Gasteiger partial charge on any atom is -0.462 e. The van der Waals surface area contributed by atoms with Crippen molar-refractivity contribution < 1.29 is 9.53 Å². The molecule has 0 aliphatic rings. The molecule has 0 aromatic heterocycles. The summed E-state index contributed by atoms with van der Waals surface area (Å²) in [6, 6.07) is 0. The van der Waals surface area contributed by atoms with E-state index in [1.54, 1.807) is 0 Å². The Kier molecular flexibility index (Phi) is 6.06. The zero-order valence-corrected chi connectivity index (χ0v) is 12.0. The molecule has 0 spiro atoms. The molecule has 0 atom stereocenters. The summed E-state index contributed by atoms with van der Waals surface area (Å²) in [4.78, 5) is 11.8. The van der Waals surface area contributed by atoms with Crippen LogP contribution in [0.3, 0.4) is 0 Å². The van der Waals surface area contributed by atoms with E-state index in [1.165, 1.54) is 0 Å². The summed E-state index contributed by atoms with van der Waals surface area (Å²) < 4.78 is 5.60. The third kappa shape index (κ3) is 6.86. The topological polar surface area (TPSA) is 26.3 Å². The van der Waals surface area contributed by atoms with Crippen LogP contribution in [-0.4, -0.2) is 12.1 Å². The zero-order chi connectivity index (χ0) is 12.9. The highest BCUT2D eigenvalue weighted by Gasteiger charge is 2.26. The smallest absolute Gasteiger partial charge is 0.311 e. The van der Waals surface area contributed by atoms with Crippen LogP contribution in [0.15, 0.2) is 0 Å². The molecule has 0 aromatic rings. The summed E-state index contributed by atoms with van der Waals surface area (Å²) >= 11 is 0. The van der Waals surface area contributed by atoms with Crippen molar-refractivity contribution in [1.29, 1.82) is 0 Å². The van der Waals surface area contributed by atoms with Gasteiger partial charge < -0.3 is 4.74 Å². The lowest BCUT2D eigenvalue weighted by Gasteiger charge is -2.25. The van der Waals surface area contributed by atoms with Gasteiger partial charge in [-0.25, -0.2) is 0 Å². The number of carbonyl (C=O) groups is 1. The molecule has 0 amide bonds. The minimum absolute atomic E-state index is 0.0757. The van der Waals surface area contributed by atoms with E-state index in [9.17, 15) is 4.79 Å². The lowest BCUT2D eigenvalue weighted by atomic mass is 9.95. The third-order valence-electron chi connectivity index (χ3n) is 2.35. The van der Waals surface area contributed by atoms with Crippen LogP contribution >= 0.6 is 0 Å². The maximum absolute atomic E-state index is 11.8. The van der Waals surface area contributed by atoms with E-state index in [4.69, 9.17) is 4.74 Å². The van der Waals surface area contributed by atoms with Crippen molar-refractivity contribution in [3.8, 4) is 0 Å². The SMILES string of the molecule is CC(C)CC(CC(C)C)OC(=O)C(C)(C)C. The zero-order valence-electron chi connectivity index (χ0n) is 12.0. The van der Waals surface area contributed by atoms with E-state index < -0.39 is 5.41 Å². The second-order valence-corrected chi connectivity index (χ2v) is 6.54. The Morgan fingerprint density at radius 3 is 1.62 bits per heavy atom. The second kappa shape index (κ2) is 6.27. The summed E-state index contributed by atoms with van der Waals surface area (Å²) in [5.74, 6) is 1.05. The Bertz CT molecular complexity index is 201. The van der Waals surface area contributed by atoms with Crippen molar-refractivity contribution in [3.05, 3.63) is 0 Å². The summed E-state index contributed by atoms with van der Waals surface area (Å²) in [7, 11) is 0. The van der Waals surface area contributed by atoms with E-state index in [2.05, 4.69) is 27.7 Å². The molecule has 0 bridgehead atoms. The van der Waals surface area contributed by atoms with Crippen molar-refractivity contribution in [2.75, 3.05) is 0 Å². The number of hydrogen-bond acceptors (Lipinski definition) is 2. The Morgan fingerprint density at radius 1 is 1.00 bits per heavy atom. The molecule has 0 radical (unpaired) electrons. The Hall–Kier alpha value is -0.530. The molecule has 0 saturated heterocycles. The molecule has 0 aromatic carbocycles. The molecule has 2 nitrogen and oxygen atoms in total. The van der Waals surface area contributed by atoms with Gasteiger partial charge in [-0.3, -0.25) is 4.79 Å². The van der Waals surface area contributed by atoms with Crippen molar-refractivity contribution >= 4 is 5.97 Å². The standard InChI is InChI=1S/C14H28O2/c1-10(2)8-12(9-11(3)4)16-13(15)14(5,6)7/h10-12H,8-9H2,1-7H3. The lowest BCUT2D eigenvalue weighted by Crippen LogP contribution is -2.29. The van der Waals surface area contributed by atoms with Crippen LogP contribution in [0, 0.1) is 17.3 Å². The van der Waals surface area contributed by atoms with Gasteiger partial charge >= 0.3 is 5.97 Å². The molecule has 0 heterocycles. The molecule has 2 heteroatoms. The van der Waals surface area contributed by atoms with E-state index >= 15 is 0 Å². The fourth-order valence-electron chi connectivity index (χ4n) is 1.57. The van der Waals surface area contributed by atoms with Crippen molar-refractivity contribution in [2.45, 2.75) is 67.4 Å². The van der Waals surface area contributed by atoms with Gasteiger partial charge in [-0.15, -0.1) is 0 Å². The normalized spacial score (nSPS) is 12.6. The number of ether oxygens (including phenoxy) is 1. The largest absolute Gasteiger partial charge is 0.462 e. The molecule has 0 rings (SSSR count). The van der Waals surface area contributed by atoms with Crippen molar-refractivity contribution in [2.24, 2.45) is 17.3 Å². The van der Waals surface area contributed by atoms with Gasteiger partial charge in [0.25, 0.3) is 0 Å². The second-order valence-electron chi connectivity index (χ2n) is 6.54. The molecule has 0 aliphatic heterocycles. The molecule has 96 valence electrons. The highest BCUT2D eigenvalue weighted by Crippen LogP contribution is 2.22. The summed E-state index contributed by atoms with van der Waals surface area (Å²) in [6.07, 6.45) is 1.99. The van der Waals surface area contributed by atoms with Gasteiger partial charge in [0.1, 0.15) is 6.10 Å². The average molecular weight is 228 g/mol. The monoisotopic (exact) mass is 228 g/mol. The molecular formula is C14H28O2. The van der Waals surface area contributed by atoms with Gasteiger partial charge in [0.05, 0.1) is 5.41 Å². The molecule has 16 heavy (non-hydrogen) atoms. The van der Waals surface area contributed by atoms with E-state index in [0.717, 1.165) is 12.8 Å². The van der Waals surface area contributed by atoms with Crippen LogP contribution in [0.25, 0.3) is 0 Å². The maximum atomic E-state index is 11.8. The molecule has 0 fully saturated rings. The number of hydrogen-bond donors (Lipinski definition) is 0. The lowest BCUT2D eigenvalue weighted by molar-refractivity contribution is -0.160. The van der Waals surface area contributed by atoms with Crippen molar-refractivity contribution in [3.63, 3.8) is 0 Å². The van der Waals surface area contributed by atoms with Gasteiger partial charge in [0.2, 0.25) is 0 Å². The highest BCUT2D eigenvalue weighted by molar-refractivity contribution is 5.75. The van der Waals surface area contributed by atoms with Crippen LogP contribution in [-0.2, 0) is 9.53 Å². The first kappa shape index (κ1) is 15.5. The fraction of sp³-hybridized carbons (Fsp3) is 0.929. The number of rotatable bonds is 5. The third-order valence-corrected chi connectivity index (χ3v) is 2.35. The Labute approximate surface area is 101 Å². The fourth-order valence-corrected chi connectivity index (χ4v) is 1.57. The van der Waals surface area contributed by atoms with Crippen LogP contribution < -0.4 is 0 Å². The van der Waals surface area contributed by atoms with Gasteiger partial charge in [0.15, 0.2) is 0 Å². The molecular weight excluding hydrogens is 200 g/mol. The van der Waals surface area contributed by atoms with E-state index in [1.807, 2.05) is 20.8 Å². The van der Waals surface area contributed by atoms with Gasteiger partial charge in [0, 0.05) is 0 Å². The van der Waals surface area contributed by atoms with Crippen LogP contribution in [0.1, 0.15) is 61.3 Å². The summed E-state index contributed by atoms with van der Waals surface area (Å²) in [6.45, 7) is 14.4. The van der Waals surface area contributed by atoms with Gasteiger partial charge in [-0.1, -0.05) is 27.7 Å². The number of esters is 1.